The zero-order chi connectivity index (χ0) is 16.4. The third-order valence-electron chi connectivity index (χ3n) is 3.07. The second-order valence-corrected chi connectivity index (χ2v) is 6.88. The van der Waals surface area contributed by atoms with Gasteiger partial charge >= 0.3 is 0 Å². The smallest absolute Gasteiger partial charge is 0.266 e. The Kier molecular flexibility index (Phi) is 4.87. The monoisotopic (exact) mass is 382 g/mol. The second kappa shape index (κ2) is 6.89. The zero-order valence-corrected chi connectivity index (χ0v) is 14.6. The molecule has 116 valence electrons. The molecule has 0 aliphatic carbocycles. The summed E-state index contributed by atoms with van der Waals surface area (Å²) in [4.78, 5) is 12.6. The summed E-state index contributed by atoms with van der Waals surface area (Å²) in [7, 11) is 0. The summed E-state index contributed by atoms with van der Waals surface area (Å²) in [5.41, 5.74) is 3.11. The van der Waals surface area contributed by atoms with E-state index < -0.39 is 0 Å². The number of carbonyl (C=O) groups excluding carboxylic acids is 1. The molecule has 7 heteroatoms. The van der Waals surface area contributed by atoms with Crippen LogP contribution < -0.4 is 5.43 Å². The van der Waals surface area contributed by atoms with Gasteiger partial charge in [-0.2, -0.15) is 5.10 Å². The van der Waals surface area contributed by atoms with Gasteiger partial charge in [0.05, 0.1) is 16.3 Å². The van der Waals surface area contributed by atoms with Gasteiger partial charge in [0.25, 0.3) is 5.91 Å². The minimum Gasteiger partial charge on any atom is -0.266 e. The van der Waals surface area contributed by atoms with Crippen LogP contribution in [0, 0.1) is 0 Å². The number of nitrogens with zero attached hydrogens (tertiary/aromatic N) is 1. The standard InChI is InChI=1S/C16H9Cl3N2OS/c17-10-6-5-9(12(18)7-10)8-20-21-16(22)15-14(19)11-3-1-2-4-13(11)23-15/h1-8H,(H,21,22)/b20-8+. The fraction of sp³-hybridized carbons (Fsp3) is 0. The van der Waals surface area contributed by atoms with E-state index in [4.69, 9.17) is 34.8 Å². The van der Waals surface area contributed by atoms with Crippen molar-refractivity contribution in [2.24, 2.45) is 5.10 Å². The Morgan fingerprint density at radius 3 is 2.65 bits per heavy atom. The van der Waals surface area contributed by atoms with Crippen LogP contribution >= 0.6 is 46.1 Å². The molecule has 3 aromatic rings. The van der Waals surface area contributed by atoms with Gasteiger partial charge in [0, 0.05) is 20.7 Å². The zero-order valence-electron chi connectivity index (χ0n) is 11.5. The van der Waals surface area contributed by atoms with E-state index in [-0.39, 0.29) is 5.91 Å². The second-order valence-electron chi connectivity index (χ2n) is 4.61. The van der Waals surface area contributed by atoms with Crippen LogP contribution in [0.3, 0.4) is 0 Å². The van der Waals surface area contributed by atoms with E-state index in [2.05, 4.69) is 10.5 Å². The third kappa shape index (κ3) is 3.51. The lowest BCUT2D eigenvalue weighted by molar-refractivity contribution is 0.0959. The number of amides is 1. The van der Waals surface area contributed by atoms with Gasteiger partial charge in [0.2, 0.25) is 0 Å². The van der Waals surface area contributed by atoms with Gasteiger partial charge in [0.1, 0.15) is 4.88 Å². The minimum absolute atomic E-state index is 0.363. The third-order valence-corrected chi connectivity index (χ3v) is 5.31. The van der Waals surface area contributed by atoms with E-state index in [1.165, 1.54) is 17.6 Å². The summed E-state index contributed by atoms with van der Waals surface area (Å²) in [6.07, 6.45) is 1.46. The maximum absolute atomic E-state index is 12.2. The largest absolute Gasteiger partial charge is 0.283 e. The van der Waals surface area contributed by atoms with E-state index in [1.807, 2.05) is 24.3 Å². The Balaban J connectivity index is 1.78. The first kappa shape index (κ1) is 16.3. The molecule has 0 aliphatic heterocycles. The Labute approximate surface area is 151 Å². The molecule has 1 aromatic heterocycles. The highest BCUT2D eigenvalue weighted by atomic mass is 35.5. The number of hydrazone groups is 1. The van der Waals surface area contributed by atoms with Crippen molar-refractivity contribution in [2.75, 3.05) is 0 Å². The Morgan fingerprint density at radius 2 is 1.91 bits per heavy atom. The maximum atomic E-state index is 12.2. The number of hydrogen-bond acceptors (Lipinski definition) is 3. The van der Waals surface area contributed by atoms with E-state index in [1.54, 1.807) is 18.2 Å². The normalized spacial score (nSPS) is 11.3. The molecular formula is C16H9Cl3N2OS. The molecule has 0 spiro atoms. The van der Waals surface area contributed by atoms with E-state index in [0.717, 1.165) is 10.1 Å². The predicted molar refractivity (Wildman–Crippen MR) is 98.4 cm³/mol. The summed E-state index contributed by atoms with van der Waals surface area (Å²) in [5.74, 6) is -0.363. The lowest BCUT2D eigenvalue weighted by Crippen LogP contribution is -2.16. The first-order valence-corrected chi connectivity index (χ1v) is 8.47. The van der Waals surface area contributed by atoms with Crippen LogP contribution in [0.5, 0.6) is 0 Å². The van der Waals surface area contributed by atoms with Crippen molar-refractivity contribution in [3.63, 3.8) is 0 Å². The molecule has 1 heterocycles. The SMILES string of the molecule is O=C(N/N=C/c1ccc(Cl)cc1Cl)c1sc2ccccc2c1Cl. The Morgan fingerprint density at radius 1 is 1.13 bits per heavy atom. The van der Waals surface area contributed by atoms with Crippen LogP contribution in [0.15, 0.2) is 47.6 Å². The van der Waals surface area contributed by atoms with Gasteiger partial charge in [-0.3, -0.25) is 4.79 Å². The van der Waals surface area contributed by atoms with Crippen molar-refractivity contribution in [3.8, 4) is 0 Å². The molecule has 0 saturated carbocycles. The topological polar surface area (TPSA) is 41.5 Å². The number of fused-ring (bicyclic) bond motifs is 1. The lowest BCUT2D eigenvalue weighted by atomic mass is 10.2. The highest BCUT2D eigenvalue weighted by molar-refractivity contribution is 7.21. The van der Waals surface area contributed by atoms with Crippen LogP contribution in [0.25, 0.3) is 10.1 Å². The highest BCUT2D eigenvalue weighted by Gasteiger charge is 2.16. The van der Waals surface area contributed by atoms with Crippen LogP contribution in [0.4, 0.5) is 0 Å². The van der Waals surface area contributed by atoms with E-state index >= 15 is 0 Å². The van der Waals surface area contributed by atoms with Crippen molar-refractivity contribution in [1.82, 2.24) is 5.43 Å². The molecule has 0 bridgehead atoms. The first-order chi connectivity index (χ1) is 11.1. The number of thiophene rings is 1. The summed E-state index contributed by atoms with van der Waals surface area (Å²) in [5, 5.41) is 6.19. The molecule has 0 saturated heterocycles. The van der Waals surface area contributed by atoms with E-state index in [0.29, 0.717) is 25.5 Å². The molecule has 1 N–H and O–H groups in total. The fourth-order valence-corrected chi connectivity index (χ4v) is 3.84. The van der Waals surface area contributed by atoms with Crippen LogP contribution in [0.2, 0.25) is 15.1 Å². The lowest BCUT2D eigenvalue weighted by Gasteiger charge is -1.99. The van der Waals surface area contributed by atoms with Crippen LogP contribution in [-0.4, -0.2) is 12.1 Å². The summed E-state index contributed by atoms with van der Waals surface area (Å²) in [6.45, 7) is 0. The van der Waals surface area contributed by atoms with Crippen LogP contribution in [-0.2, 0) is 0 Å². The molecular weight excluding hydrogens is 375 g/mol. The molecule has 0 fully saturated rings. The number of benzene rings is 2. The fourth-order valence-electron chi connectivity index (χ4n) is 1.98. The van der Waals surface area contributed by atoms with Crippen molar-refractivity contribution in [3.05, 3.63) is 68.0 Å². The average Bonchev–Trinajstić information content (AvgIpc) is 2.87. The minimum atomic E-state index is -0.363. The molecule has 3 rings (SSSR count). The molecule has 2 aromatic carbocycles. The van der Waals surface area contributed by atoms with Crippen molar-refractivity contribution in [1.29, 1.82) is 0 Å². The number of halogens is 3. The Hall–Kier alpha value is -1.59. The molecule has 0 aliphatic rings. The molecule has 0 radical (unpaired) electrons. The van der Waals surface area contributed by atoms with Gasteiger partial charge in [-0.1, -0.05) is 59.1 Å². The molecule has 1 amide bonds. The van der Waals surface area contributed by atoms with Gasteiger partial charge in [0.15, 0.2) is 0 Å². The number of hydrogen-bond donors (Lipinski definition) is 1. The highest BCUT2D eigenvalue weighted by Crippen LogP contribution is 2.34. The molecule has 3 nitrogen and oxygen atoms in total. The van der Waals surface area contributed by atoms with Gasteiger partial charge in [-0.05, 0) is 18.2 Å². The number of carbonyl (C=O) groups is 1. The predicted octanol–water partition coefficient (Wildman–Crippen LogP) is 5.63. The first-order valence-electron chi connectivity index (χ1n) is 6.52. The molecule has 23 heavy (non-hydrogen) atoms. The summed E-state index contributed by atoms with van der Waals surface area (Å²) < 4.78 is 0.951. The van der Waals surface area contributed by atoms with E-state index in [9.17, 15) is 4.79 Å². The van der Waals surface area contributed by atoms with Crippen molar-refractivity contribution < 1.29 is 4.79 Å². The van der Waals surface area contributed by atoms with Crippen molar-refractivity contribution in [2.45, 2.75) is 0 Å². The maximum Gasteiger partial charge on any atom is 0.283 e. The molecule has 0 atom stereocenters. The quantitative estimate of drug-likeness (QED) is 0.462. The molecule has 0 unspecified atom stereocenters. The summed E-state index contributed by atoms with van der Waals surface area (Å²) >= 11 is 19.4. The van der Waals surface area contributed by atoms with Gasteiger partial charge in [-0.25, -0.2) is 5.43 Å². The van der Waals surface area contributed by atoms with Crippen molar-refractivity contribution >= 4 is 68.3 Å². The summed E-state index contributed by atoms with van der Waals surface area (Å²) in [6, 6.07) is 12.6. The average molecular weight is 384 g/mol. The number of rotatable bonds is 3. The number of nitrogens with one attached hydrogen (secondary N) is 1. The van der Waals surface area contributed by atoms with Gasteiger partial charge in [-0.15, -0.1) is 11.3 Å². The van der Waals surface area contributed by atoms with Gasteiger partial charge < -0.3 is 0 Å². The Bertz CT molecular complexity index is 921. The van der Waals surface area contributed by atoms with Crippen LogP contribution in [0.1, 0.15) is 15.2 Å².